The van der Waals surface area contributed by atoms with Gasteiger partial charge in [-0.3, -0.25) is 14.9 Å². The molecular weight excluding hydrogens is 268 g/mol. The molecule has 8 heteroatoms. The zero-order chi connectivity index (χ0) is 15.3. The van der Waals surface area contributed by atoms with Crippen LogP contribution in [0.4, 0.5) is 5.69 Å². The van der Waals surface area contributed by atoms with Gasteiger partial charge in [-0.2, -0.15) is 0 Å². The summed E-state index contributed by atoms with van der Waals surface area (Å²) < 4.78 is 0. The molecule has 0 unspecified atom stereocenters. The van der Waals surface area contributed by atoms with Crippen molar-refractivity contribution >= 4 is 17.6 Å². The Morgan fingerprint density at radius 1 is 1.45 bits per heavy atom. The standard InChI is InChI=1S/C12H14N2O6/c1-7-6-8(14(19)20)2-3-9(7)11(16)13-10(4-5-15)12(17)18/h2-3,6,10,15H,4-5H2,1H3,(H,13,16)(H,17,18)/t10-/m1/s1. The monoisotopic (exact) mass is 282 g/mol. The zero-order valence-corrected chi connectivity index (χ0v) is 10.7. The van der Waals surface area contributed by atoms with E-state index >= 15 is 0 Å². The van der Waals surface area contributed by atoms with Crippen molar-refractivity contribution in [3.63, 3.8) is 0 Å². The molecule has 0 aromatic heterocycles. The Kier molecular flexibility index (Phi) is 5.15. The summed E-state index contributed by atoms with van der Waals surface area (Å²) >= 11 is 0. The molecule has 0 radical (unpaired) electrons. The average molecular weight is 282 g/mol. The molecule has 0 aliphatic carbocycles. The molecule has 3 N–H and O–H groups in total. The first-order valence-corrected chi connectivity index (χ1v) is 5.76. The number of nitrogens with zero attached hydrogens (tertiary/aromatic N) is 1. The van der Waals surface area contributed by atoms with E-state index in [0.717, 1.165) is 0 Å². The van der Waals surface area contributed by atoms with Gasteiger partial charge in [0.2, 0.25) is 0 Å². The molecule has 108 valence electrons. The van der Waals surface area contributed by atoms with Crippen molar-refractivity contribution in [2.24, 2.45) is 0 Å². The second-order valence-corrected chi connectivity index (χ2v) is 4.13. The molecule has 0 heterocycles. The van der Waals surface area contributed by atoms with E-state index in [0.29, 0.717) is 5.56 Å². The van der Waals surface area contributed by atoms with Gasteiger partial charge >= 0.3 is 5.97 Å². The SMILES string of the molecule is Cc1cc([N+](=O)[O-])ccc1C(=O)N[C@H](CCO)C(=O)O. The minimum Gasteiger partial charge on any atom is -0.480 e. The number of nitro groups is 1. The van der Waals surface area contributed by atoms with Crippen molar-refractivity contribution in [3.8, 4) is 0 Å². The van der Waals surface area contributed by atoms with Gasteiger partial charge in [0.1, 0.15) is 6.04 Å². The number of aliphatic carboxylic acids is 1. The fraction of sp³-hybridized carbons (Fsp3) is 0.333. The van der Waals surface area contributed by atoms with E-state index in [1.807, 2.05) is 0 Å². The maximum absolute atomic E-state index is 11.9. The fourth-order valence-corrected chi connectivity index (χ4v) is 1.64. The number of nitro benzene ring substituents is 1. The predicted octanol–water partition coefficient (Wildman–Crippen LogP) is 0.469. The minimum absolute atomic E-state index is 0.118. The summed E-state index contributed by atoms with van der Waals surface area (Å²) in [6, 6.07) is 2.46. The first-order valence-electron chi connectivity index (χ1n) is 5.76. The van der Waals surface area contributed by atoms with Crippen LogP contribution < -0.4 is 5.32 Å². The van der Waals surface area contributed by atoms with E-state index in [2.05, 4.69) is 5.32 Å². The Hall–Kier alpha value is -2.48. The van der Waals surface area contributed by atoms with Crippen molar-refractivity contribution in [2.75, 3.05) is 6.61 Å². The topological polar surface area (TPSA) is 130 Å². The van der Waals surface area contributed by atoms with Crippen LogP contribution in [0.5, 0.6) is 0 Å². The Labute approximate surface area is 114 Å². The molecule has 0 saturated heterocycles. The highest BCUT2D eigenvalue weighted by Gasteiger charge is 2.21. The summed E-state index contributed by atoms with van der Waals surface area (Å²) in [5.41, 5.74) is 0.369. The number of carboxylic acids is 1. The molecule has 0 fully saturated rings. The maximum atomic E-state index is 11.9. The van der Waals surface area contributed by atoms with Crippen LogP contribution in [0.3, 0.4) is 0 Å². The third-order valence-electron chi connectivity index (χ3n) is 2.69. The lowest BCUT2D eigenvalue weighted by atomic mass is 10.1. The van der Waals surface area contributed by atoms with Gasteiger partial charge in [-0.15, -0.1) is 0 Å². The van der Waals surface area contributed by atoms with Crippen molar-refractivity contribution < 1.29 is 24.7 Å². The molecule has 0 aliphatic rings. The average Bonchev–Trinajstić information content (AvgIpc) is 2.37. The second kappa shape index (κ2) is 6.62. The highest BCUT2D eigenvalue weighted by atomic mass is 16.6. The number of rotatable bonds is 6. The Morgan fingerprint density at radius 2 is 2.10 bits per heavy atom. The zero-order valence-electron chi connectivity index (χ0n) is 10.7. The lowest BCUT2D eigenvalue weighted by Gasteiger charge is -2.14. The Balaban J connectivity index is 2.92. The van der Waals surface area contributed by atoms with Crippen LogP contribution >= 0.6 is 0 Å². The van der Waals surface area contributed by atoms with Gasteiger partial charge in [-0.1, -0.05) is 0 Å². The first kappa shape index (κ1) is 15.6. The third kappa shape index (κ3) is 3.75. The highest BCUT2D eigenvalue weighted by molar-refractivity contribution is 5.98. The molecule has 0 spiro atoms. The van der Waals surface area contributed by atoms with E-state index < -0.39 is 22.8 Å². The van der Waals surface area contributed by atoms with E-state index in [9.17, 15) is 19.7 Å². The van der Waals surface area contributed by atoms with E-state index in [1.54, 1.807) is 0 Å². The number of non-ortho nitro benzene ring substituents is 1. The summed E-state index contributed by atoms with van der Waals surface area (Å²) in [5, 5.41) is 30.4. The largest absolute Gasteiger partial charge is 0.480 e. The number of aliphatic hydroxyl groups is 1. The molecule has 0 saturated carbocycles. The summed E-state index contributed by atoms with van der Waals surface area (Å²) in [5.74, 6) is -1.91. The summed E-state index contributed by atoms with van der Waals surface area (Å²) in [7, 11) is 0. The van der Waals surface area contributed by atoms with E-state index in [4.69, 9.17) is 10.2 Å². The summed E-state index contributed by atoms with van der Waals surface area (Å²) in [6.07, 6.45) is -0.118. The predicted molar refractivity (Wildman–Crippen MR) is 68.4 cm³/mol. The van der Waals surface area contributed by atoms with Gasteiger partial charge in [0.15, 0.2) is 0 Å². The lowest BCUT2D eigenvalue weighted by molar-refractivity contribution is -0.384. The van der Waals surface area contributed by atoms with Crippen LogP contribution in [0.15, 0.2) is 18.2 Å². The number of nitrogens with one attached hydrogen (secondary N) is 1. The number of carboxylic acid groups (broad SMARTS) is 1. The molecule has 8 nitrogen and oxygen atoms in total. The van der Waals surface area contributed by atoms with Gasteiger partial charge in [-0.25, -0.2) is 4.79 Å². The molecule has 1 aromatic rings. The van der Waals surface area contributed by atoms with Crippen molar-refractivity contribution in [1.29, 1.82) is 0 Å². The van der Waals surface area contributed by atoms with Crippen LogP contribution in [-0.2, 0) is 4.79 Å². The number of hydrogen-bond donors (Lipinski definition) is 3. The highest BCUT2D eigenvalue weighted by Crippen LogP contribution is 2.17. The summed E-state index contributed by atoms with van der Waals surface area (Å²) in [6.45, 7) is 1.14. The van der Waals surface area contributed by atoms with E-state index in [-0.39, 0.29) is 24.3 Å². The van der Waals surface area contributed by atoms with Crippen LogP contribution in [0.2, 0.25) is 0 Å². The number of hydrogen-bond acceptors (Lipinski definition) is 5. The third-order valence-corrected chi connectivity index (χ3v) is 2.69. The van der Waals surface area contributed by atoms with Gasteiger partial charge < -0.3 is 15.5 Å². The molecule has 1 rings (SSSR count). The molecule has 0 bridgehead atoms. The Bertz CT molecular complexity index is 543. The van der Waals surface area contributed by atoms with Crippen molar-refractivity contribution in [1.82, 2.24) is 5.32 Å². The Morgan fingerprint density at radius 3 is 2.55 bits per heavy atom. The van der Waals surface area contributed by atoms with Crippen LogP contribution in [0.1, 0.15) is 22.3 Å². The second-order valence-electron chi connectivity index (χ2n) is 4.13. The van der Waals surface area contributed by atoms with Gasteiger partial charge in [-0.05, 0) is 18.6 Å². The van der Waals surface area contributed by atoms with Crippen molar-refractivity contribution in [3.05, 3.63) is 39.4 Å². The number of carbonyl (C=O) groups is 2. The van der Waals surface area contributed by atoms with Gasteiger partial charge in [0, 0.05) is 30.7 Å². The fourth-order valence-electron chi connectivity index (χ4n) is 1.64. The van der Waals surface area contributed by atoms with Crippen LogP contribution in [0.25, 0.3) is 0 Å². The lowest BCUT2D eigenvalue weighted by Crippen LogP contribution is -2.41. The number of carbonyl (C=O) groups excluding carboxylic acids is 1. The molecule has 20 heavy (non-hydrogen) atoms. The molecule has 1 amide bonds. The van der Waals surface area contributed by atoms with Gasteiger partial charge in [0.05, 0.1) is 4.92 Å². The quantitative estimate of drug-likeness (QED) is 0.513. The smallest absolute Gasteiger partial charge is 0.326 e. The van der Waals surface area contributed by atoms with E-state index in [1.165, 1.54) is 25.1 Å². The van der Waals surface area contributed by atoms with Crippen LogP contribution in [0, 0.1) is 17.0 Å². The maximum Gasteiger partial charge on any atom is 0.326 e. The minimum atomic E-state index is -1.26. The number of benzene rings is 1. The molecule has 0 aliphatic heterocycles. The van der Waals surface area contributed by atoms with Crippen LogP contribution in [-0.4, -0.2) is 39.7 Å². The van der Waals surface area contributed by atoms with Crippen molar-refractivity contribution in [2.45, 2.75) is 19.4 Å². The molecule has 1 atom stereocenters. The first-order chi connectivity index (χ1) is 9.36. The molecule has 1 aromatic carbocycles. The normalized spacial score (nSPS) is 11.7. The number of amides is 1. The number of aliphatic hydroxyl groups excluding tert-OH is 1. The molecular formula is C12H14N2O6. The summed E-state index contributed by atoms with van der Waals surface area (Å²) in [4.78, 5) is 32.8. The number of aryl methyl sites for hydroxylation is 1. The van der Waals surface area contributed by atoms with Gasteiger partial charge in [0.25, 0.3) is 11.6 Å².